The summed E-state index contributed by atoms with van der Waals surface area (Å²) in [4.78, 5) is 14.7. The van der Waals surface area contributed by atoms with Crippen molar-refractivity contribution in [2.24, 2.45) is 0 Å². The Kier molecular flexibility index (Phi) is 5.00. The van der Waals surface area contributed by atoms with Crippen molar-refractivity contribution in [3.63, 3.8) is 0 Å². The fourth-order valence-corrected chi connectivity index (χ4v) is 3.36. The van der Waals surface area contributed by atoms with Crippen molar-refractivity contribution in [3.8, 4) is 0 Å². The molecule has 2 heterocycles. The topological polar surface area (TPSA) is 50.2 Å². The van der Waals surface area contributed by atoms with Crippen LogP contribution < -0.4 is 5.32 Å². The van der Waals surface area contributed by atoms with Crippen LogP contribution in [0.15, 0.2) is 30.3 Å². The molecule has 3 rings (SSSR count). The highest BCUT2D eigenvalue weighted by molar-refractivity contribution is 5.94. The van der Waals surface area contributed by atoms with Crippen LogP contribution in [0.2, 0.25) is 0 Å². The van der Waals surface area contributed by atoms with Crippen LogP contribution in [0.5, 0.6) is 0 Å². The third kappa shape index (κ3) is 3.67. The molecular formula is C19H26N4O. The maximum absolute atomic E-state index is 12.8. The third-order valence-electron chi connectivity index (χ3n) is 4.80. The Morgan fingerprint density at radius 1 is 1.25 bits per heavy atom. The number of amides is 1. The first-order valence-corrected chi connectivity index (χ1v) is 8.63. The smallest absolute Gasteiger partial charge is 0.253 e. The van der Waals surface area contributed by atoms with E-state index in [1.54, 1.807) is 0 Å². The van der Waals surface area contributed by atoms with Gasteiger partial charge in [0, 0.05) is 30.4 Å². The molecule has 0 atom stereocenters. The van der Waals surface area contributed by atoms with Gasteiger partial charge in [0.05, 0.1) is 12.2 Å². The highest BCUT2D eigenvalue weighted by atomic mass is 16.2. The number of rotatable bonds is 4. The summed E-state index contributed by atoms with van der Waals surface area (Å²) in [6.07, 6.45) is 2.04. The zero-order chi connectivity index (χ0) is 17.1. The molecule has 1 amide bonds. The predicted octanol–water partition coefficient (Wildman–Crippen LogP) is 2.37. The lowest BCUT2D eigenvalue weighted by atomic mass is 10.0. The number of carbonyl (C=O) groups is 1. The molecule has 1 N–H and O–H groups in total. The van der Waals surface area contributed by atoms with Gasteiger partial charge < -0.3 is 10.2 Å². The maximum atomic E-state index is 12.8. The Morgan fingerprint density at radius 3 is 2.62 bits per heavy atom. The van der Waals surface area contributed by atoms with E-state index < -0.39 is 0 Å². The summed E-state index contributed by atoms with van der Waals surface area (Å²) in [6, 6.07) is 10.5. The van der Waals surface area contributed by atoms with Crippen molar-refractivity contribution in [2.45, 2.75) is 39.3 Å². The molecule has 1 fully saturated rings. The number of likely N-dealkylation sites (tertiary alicyclic amines) is 1. The number of carbonyl (C=O) groups excluding carboxylic acids is 1. The second-order valence-corrected chi connectivity index (χ2v) is 6.64. The average Bonchev–Trinajstić information content (AvgIpc) is 2.92. The second-order valence-electron chi connectivity index (χ2n) is 6.64. The lowest BCUT2D eigenvalue weighted by molar-refractivity contribution is 0.0707. The molecule has 0 bridgehead atoms. The van der Waals surface area contributed by atoms with Gasteiger partial charge in [0.1, 0.15) is 0 Å². The average molecular weight is 326 g/mol. The first-order chi connectivity index (χ1) is 11.6. The van der Waals surface area contributed by atoms with E-state index in [0.29, 0.717) is 12.6 Å². The van der Waals surface area contributed by atoms with Gasteiger partial charge in [-0.3, -0.25) is 9.48 Å². The predicted molar refractivity (Wildman–Crippen MR) is 95.2 cm³/mol. The standard InChI is InChI=1S/C19H26N4O/c1-14-11-15(2)23(21-14)13-16-5-4-6-17(12-16)19(24)22-9-7-18(20-3)8-10-22/h4-6,11-12,18,20H,7-10,13H2,1-3H3. The van der Waals surface area contributed by atoms with Crippen LogP contribution in [0.4, 0.5) is 0 Å². The number of nitrogens with one attached hydrogen (secondary N) is 1. The first-order valence-electron chi connectivity index (χ1n) is 8.63. The second kappa shape index (κ2) is 7.18. The van der Waals surface area contributed by atoms with Gasteiger partial charge in [-0.1, -0.05) is 12.1 Å². The van der Waals surface area contributed by atoms with Crippen molar-refractivity contribution >= 4 is 5.91 Å². The summed E-state index contributed by atoms with van der Waals surface area (Å²) < 4.78 is 1.98. The van der Waals surface area contributed by atoms with Crippen LogP contribution in [0, 0.1) is 13.8 Å². The van der Waals surface area contributed by atoms with E-state index in [1.165, 1.54) is 0 Å². The monoisotopic (exact) mass is 326 g/mol. The van der Waals surface area contributed by atoms with Gasteiger partial charge in [-0.25, -0.2) is 0 Å². The van der Waals surface area contributed by atoms with E-state index >= 15 is 0 Å². The molecule has 0 spiro atoms. The molecule has 0 saturated carbocycles. The molecule has 1 aliphatic heterocycles. The fourth-order valence-electron chi connectivity index (χ4n) is 3.36. The van der Waals surface area contributed by atoms with Gasteiger partial charge in [-0.2, -0.15) is 5.10 Å². The maximum Gasteiger partial charge on any atom is 0.253 e. The molecule has 1 aromatic carbocycles. The molecule has 5 nitrogen and oxygen atoms in total. The van der Waals surface area contributed by atoms with Crippen LogP contribution in [0.3, 0.4) is 0 Å². The van der Waals surface area contributed by atoms with Gasteiger partial charge in [0.2, 0.25) is 0 Å². The lowest BCUT2D eigenvalue weighted by Crippen LogP contribution is -2.43. The Labute approximate surface area is 143 Å². The molecule has 128 valence electrons. The van der Waals surface area contributed by atoms with Crippen molar-refractivity contribution in [1.82, 2.24) is 20.0 Å². The minimum atomic E-state index is 0.139. The molecule has 1 saturated heterocycles. The molecule has 0 unspecified atom stereocenters. The molecule has 1 aromatic heterocycles. The van der Waals surface area contributed by atoms with Crippen molar-refractivity contribution in [2.75, 3.05) is 20.1 Å². The zero-order valence-corrected chi connectivity index (χ0v) is 14.7. The summed E-state index contributed by atoms with van der Waals surface area (Å²) >= 11 is 0. The van der Waals surface area contributed by atoms with Crippen LogP contribution in [0.25, 0.3) is 0 Å². The van der Waals surface area contributed by atoms with Crippen LogP contribution in [0.1, 0.15) is 40.2 Å². The van der Waals surface area contributed by atoms with E-state index in [4.69, 9.17) is 0 Å². The number of aromatic nitrogens is 2. The Hall–Kier alpha value is -2.14. The van der Waals surface area contributed by atoms with E-state index in [2.05, 4.69) is 29.5 Å². The van der Waals surface area contributed by atoms with Gasteiger partial charge in [0.25, 0.3) is 5.91 Å². The summed E-state index contributed by atoms with van der Waals surface area (Å²) in [5.74, 6) is 0.139. The van der Waals surface area contributed by atoms with E-state index in [0.717, 1.165) is 48.4 Å². The van der Waals surface area contributed by atoms with Crippen LogP contribution >= 0.6 is 0 Å². The minimum absolute atomic E-state index is 0.139. The molecular weight excluding hydrogens is 300 g/mol. The van der Waals surface area contributed by atoms with Gasteiger partial charge >= 0.3 is 0 Å². The first kappa shape index (κ1) is 16.7. The molecule has 24 heavy (non-hydrogen) atoms. The van der Waals surface area contributed by atoms with Crippen LogP contribution in [-0.4, -0.2) is 46.8 Å². The minimum Gasteiger partial charge on any atom is -0.339 e. The van der Waals surface area contributed by atoms with Gasteiger partial charge in [0.15, 0.2) is 0 Å². The molecule has 5 heteroatoms. The number of hydrogen-bond acceptors (Lipinski definition) is 3. The number of piperidine rings is 1. The summed E-state index contributed by atoms with van der Waals surface area (Å²) in [5.41, 5.74) is 4.04. The molecule has 2 aromatic rings. The number of hydrogen-bond donors (Lipinski definition) is 1. The molecule has 1 aliphatic rings. The normalized spacial score (nSPS) is 15.7. The zero-order valence-electron chi connectivity index (χ0n) is 14.7. The molecule has 0 aliphatic carbocycles. The summed E-state index contributed by atoms with van der Waals surface area (Å²) in [6.45, 7) is 6.40. The Balaban J connectivity index is 1.71. The highest BCUT2D eigenvalue weighted by Crippen LogP contribution is 2.16. The van der Waals surface area contributed by atoms with E-state index in [1.807, 2.05) is 41.8 Å². The third-order valence-corrected chi connectivity index (χ3v) is 4.80. The van der Waals surface area contributed by atoms with Gasteiger partial charge in [-0.15, -0.1) is 0 Å². The summed E-state index contributed by atoms with van der Waals surface area (Å²) in [5, 5.41) is 7.80. The van der Waals surface area contributed by atoms with Crippen molar-refractivity contribution < 1.29 is 4.79 Å². The highest BCUT2D eigenvalue weighted by Gasteiger charge is 2.22. The summed E-state index contributed by atoms with van der Waals surface area (Å²) in [7, 11) is 1.99. The fraction of sp³-hybridized carbons (Fsp3) is 0.474. The number of aryl methyl sites for hydroxylation is 2. The Bertz CT molecular complexity index is 714. The number of nitrogens with zero attached hydrogens (tertiary/aromatic N) is 3. The number of benzene rings is 1. The largest absolute Gasteiger partial charge is 0.339 e. The Morgan fingerprint density at radius 2 is 2.00 bits per heavy atom. The molecule has 0 radical (unpaired) electrons. The lowest BCUT2D eigenvalue weighted by Gasteiger charge is -2.32. The SMILES string of the molecule is CNC1CCN(C(=O)c2cccc(Cn3nc(C)cc3C)c2)CC1. The van der Waals surface area contributed by atoms with E-state index in [9.17, 15) is 4.79 Å². The van der Waals surface area contributed by atoms with Crippen LogP contribution in [-0.2, 0) is 6.54 Å². The van der Waals surface area contributed by atoms with Gasteiger partial charge in [-0.05, 0) is 57.5 Å². The quantitative estimate of drug-likeness (QED) is 0.938. The van der Waals surface area contributed by atoms with Crippen molar-refractivity contribution in [1.29, 1.82) is 0 Å². The van der Waals surface area contributed by atoms with Crippen molar-refractivity contribution in [3.05, 3.63) is 52.8 Å². The van der Waals surface area contributed by atoms with E-state index in [-0.39, 0.29) is 5.91 Å².